The SMILES string of the molecule is Cc1noc(C)c1-c1ccc2nc(NC3CCOCC3)n(-c3ccccc3C(=O)O)c2c1. The second-order valence-corrected chi connectivity index (χ2v) is 8.03. The van der Waals surface area contributed by atoms with Crippen LogP contribution in [0.15, 0.2) is 47.0 Å². The third-order valence-corrected chi connectivity index (χ3v) is 5.91. The van der Waals surface area contributed by atoms with E-state index >= 15 is 0 Å². The first-order valence-corrected chi connectivity index (χ1v) is 10.7. The molecule has 5 rings (SSSR count). The molecule has 8 nitrogen and oxygen atoms in total. The fraction of sp³-hybridized carbons (Fsp3) is 0.292. The number of aromatic nitrogens is 3. The number of imidazole rings is 1. The Morgan fingerprint density at radius 2 is 1.94 bits per heavy atom. The monoisotopic (exact) mass is 432 g/mol. The van der Waals surface area contributed by atoms with Gasteiger partial charge in [0.2, 0.25) is 5.95 Å². The van der Waals surface area contributed by atoms with E-state index in [4.69, 9.17) is 14.2 Å². The van der Waals surface area contributed by atoms with Crippen LogP contribution in [0.3, 0.4) is 0 Å². The lowest BCUT2D eigenvalue weighted by Crippen LogP contribution is -2.29. The molecule has 3 heterocycles. The molecule has 0 amide bonds. The Hall–Kier alpha value is -3.65. The number of fused-ring (bicyclic) bond motifs is 1. The highest BCUT2D eigenvalue weighted by Crippen LogP contribution is 2.33. The van der Waals surface area contributed by atoms with Gasteiger partial charge in [-0.3, -0.25) is 4.57 Å². The maximum atomic E-state index is 12.0. The van der Waals surface area contributed by atoms with E-state index in [2.05, 4.69) is 10.5 Å². The predicted molar refractivity (Wildman–Crippen MR) is 120 cm³/mol. The average Bonchev–Trinajstić information content (AvgIpc) is 3.32. The van der Waals surface area contributed by atoms with Crippen LogP contribution in [0.1, 0.15) is 34.7 Å². The minimum atomic E-state index is -0.985. The number of anilines is 1. The number of nitrogens with zero attached hydrogens (tertiary/aromatic N) is 3. The number of carbonyl (C=O) groups is 1. The molecule has 0 unspecified atom stereocenters. The summed E-state index contributed by atoms with van der Waals surface area (Å²) in [6.07, 6.45) is 1.74. The van der Waals surface area contributed by atoms with Gasteiger partial charge in [-0.05, 0) is 56.5 Å². The van der Waals surface area contributed by atoms with Gasteiger partial charge in [-0.1, -0.05) is 23.4 Å². The van der Waals surface area contributed by atoms with E-state index in [1.54, 1.807) is 12.1 Å². The number of carboxylic acid groups (broad SMARTS) is 1. The lowest BCUT2D eigenvalue weighted by Gasteiger charge is -2.24. The second-order valence-electron chi connectivity index (χ2n) is 8.03. The molecule has 2 N–H and O–H groups in total. The van der Waals surface area contributed by atoms with Crippen LogP contribution in [0, 0.1) is 13.8 Å². The van der Waals surface area contributed by atoms with Crippen molar-refractivity contribution in [2.75, 3.05) is 18.5 Å². The van der Waals surface area contributed by atoms with Gasteiger partial charge in [0.15, 0.2) is 0 Å². The quantitative estimate of drug-likeness (QED) is 0.476. The number of carboxylic acids is 1. The van der Waals surface area contributed by atoms with E-state index in [-0.39, 0.29) is 11.6 Å². The van der Waals surface area contributed by atoms with Crippen molar-refractivity contribution in [1.29, 1.82) is 0 Å². The lowest BCUT2D eigenvalue weighted by molar-refractivity contribution is 0.0697. The van der Waals surface area contributed by atoms with Gasteiger partial charge in [-0.15, -0.1) is 0 Å². The zero-order chi connectivity index (χ0) is 22.2. The van der Waals surface area contributed by atoms with Crippen LogP contribution in [0.2, 0.25) is 0 Å². The number of benzene rings is 2. The standard InChI is InChI=1S/C24H24N4O4/c1-14-22(15(2)32-27-14)16-7-8-19-21(13-16)28(20-6-4-3-5-18(20)23(29)30)24(26-19)25-17-9-11-31-12-10-17/h3-8,13,17H,9-12H2,1-2H3,(H,25,26)(H,29,30). The summed E-state index contributed by atoms with van der Waals surface area (Å²) in [5.41, 5.74) is 5.04. The van der Waals surface area contributed by atoms with E-state index < -0.39 is 5.97 Å². The maximum absolute atomic E-state index is 12.0. The molecule has 0 saturated carbocycles. The van der Waals surface area contributed by atoms with Crippen LogP contribution in [0.5, 0.6) is 0 Å². The van der Waals surface area contributed by atoms with Crippen LogP contribution in [-0.2, 0) is 4.74 Å². The van der Waals surface area contributed by atoms with Gasteiger partial charge in [-0.25, -0.2) is 9.78 Å². The Balaban J connectivity index is 1.72. The highest BCUT2D eigenvalue weighted by atomic mass is 16.5. The topological polar surface area (TPSA) is 102 Å². The molecule has 1 aliphatic heterocycles. The van der Waals surface area contributed by atoms with E-state index in [9.17, 15) is 9.90 Å². The summed E-state index contributed by atoms with van der Waals surface area (Å²) >= 11 is 0. The lowest BCUT2D eigenvalue weighted by atomic mass is 10.0. The summed E-state index contributed by atoms with van der Waals surface area (Å²) in [6.45, 7) is 5.18. The van der Waals surface area contributed by atoms with Crippen LogP contribution < -0.4 is 5.32 Å². The molecule has 0 spiro atoms. The summed E-state index contributed by atoms with van der Waals surface area (Å²) in [6, 6.07) is 13.2. The molecule has 164 valence electrons. The first-order valence-electron chi connectivity index (χ1n) is 10.7. The minimum absolute atomic E-state index is 0.207. The van der Waals surface area contributed by atoms with Crippen molar-refractivity contribution in [2.24, 2.45) is 0 Å². The third-order valence-electron chi connectivity index (χ3n) is 5.91. The zero-order valence-electron chi connectivity index (χ0n) is 18.0. The van der Waals surface area contributed by atoms with Crippen molar-refractivity contribution >= 4 is 23.0 Å². The van der Waals surface area contributed by atoms with Gasteiger partial charge in [0, 0.05) is 24.8 Å². The highest BCUT2D eigenvalue weighted by molar-refractivity contribution is 5.94. The first kappa shape index (κ1) is 20.3. The van der Waals surface area contributed by atoms with Crippen LogP contribution >= 0.6 is 0 Å². The summed E-state index contributed by atoms with van der Waals surface area (Å²) in [5, 5.41) is 17.4. The summed E-state index contributed by atoms with van der Waals surface area (Å²) in [4.78, 5) is 16.8. The van der Waals surface area contributed by atoms with Crippen molar-refractivity contribution in [2.45, 2.75) is 32.7 Å². The molecule has 0 bridgehead atoms. The van der Waals surface area contributed by atoms with Gasteiger partial charge >= 0.3 is 5.97 Å². The number of hydrogen-bond acceptors (Lipinski definition) is 6. The van der Waals surface area contributed by atoms with Gasteiger partial charge < -0.3 is 19.7 Å². The molecule has 1 fully saturated rings. The smallest absolute Gasteiger partial charge is 0.337 e. The second kappa shape index (κ2) is 8.12. The van der Waals surface area contributed by atoms with Crippen LogP contribution in [0.25, 0.3) is 27.8 Å². The predicted octanol–water partition coefficient (Wildman–Crippen LogP) is 4.59. The summed E-state index contributed by atoms with van der Waals surface area (Å²) in [5.74, 6) is 0.372. The van der Waals surface area contributed by atoms with Crippen molar-refractivity contribution in [1.82, 2.24) is 14.7 Å². The Morgan fingerprint density at radius 3 is 2.66 bits per heavy atom. The number of aryl methyl sites for hydroxylation is 2. The van der Waals surface area contributed by atoms with E-state index in [0.717, 1.165) is 46.5 Å². The molecular weight excluding hydrogens is 408 g/mol. The van der Waals surface area contributed by atoms with E-state index in [1.165, 1.54) is 0 Å². The van der Waals surface area contributed by atoms with Crippen molar-refractivity contribution in [3.63, 3.8) is 0 Å². The normalized spacial score (nSPS) is 14.7. The Labute approximate surface area is 184 Å². The summed E-state index contributed by atoms with van der Waals surface area (Å²) < 4.78 is 12.7. The maximum Gasteiger partial charge on any atom is 0.337 e. The number of aromatic carboxylic acids is 1. The molecule has 2 aromatic heterocycles. The number of hydrogen-bond donors (Lipinski definition) is 2. The fourth-order valence-corrected chi connectivity index (χ4v) is 4.34. The Morgan fingerprint density at radius 1 is 1.16 bits per heavy atom. The number of para-hydroxylation sites is 1. The highest BCUT2D eigenvalue weighted by Gasteiger charge is 2.22. The minimum Gasteiger partial charge on any atom is -0.478 e. The molecule has 1 saturated heterocycles. The number of ether oxygens (including phenoxy) is 1. The van der Waals surface area contributed by atoms with E-state index in [0.29, 0.717) is 24.8 Å². The van der Waals surface area contributed by atoms with Gasteiger partial charge in [0.1, 0.15) is 5.76 Å². The van der Waals surface area contributed by atoms with Crippen molar-refractivity contribution in [3.05, 3.63) is 59.5 Å². The van der Waals surface area contributed by atoms with Crippen molar-refractivity contribution in [3.8, 4) is 16.8 Å². The van der Waals surface area contributed by atoms with Crippen LogP contribution in [-0.4, -0.2) is 45.0 Å². The largest absolute Gasteiger partial charge is 0.478 e. The van der Waals surface area contributed by atoms with E-state index in [1.807, 2.05) is 48.7 Å². The molecule has 4 aromatic rings. The van der Waals surface area contributed by atoms with Gasteiger partial charge in [0.25, 0.3) is 0 Å². The molecular formula is C24H24N4O4. The first-order chi connectivity index (χ1) is 15.5. The molecule has 0 atom stereocenters. The Kier molecular flexibility index (Phi) is 5.14. The number of nitrogens with one attached hydrogen (secondary N) is 1. The number of rotatable bonds is 5. The van der Waals surface area contributed by atoms with Crippen LogP contribution in [0.4, 0.5) is 5.95 Å². The Bertz CT molecular complexity index is 1280. The third kappa shape index (κ3) is 3.52. The molecule has 0 aliphatic carbocycles. The van der Waals surface area contributed by atoms with Crippen molar-refractivity contribution < 1.29 is 19.2 Å². The molecule has 8 heteroatoms. The van der Waals surface area contributed by atoms with Gasteiger partial charge in [0.05, 0.1) is 28.0 Å². The molecule has 1 aliphatic rings. The zero-order valence-corrected chi connectivity index (χ0v) is 18.0. The van der Waals surface area contributed by atoms with Gasteiger partial charge in [-0.2, -0.15) is 0 Å². The summed E-state index contributed by atoms with van der Waals surface area (Å²) in [7, 11) is 0. The average molecular weight is 432 g/mol. The molecule has 2 aromatic carbocycles. The fourth-order valence-electron chi connectivity index (χ4n) is 4.34. The molecule has 32 heavy (non-hydrogen) atoms. The molecule has 0 radical (unpaired) electrons.